The highest BCUT2D eigenvalue weighted by Crippen LogP contribution is 2.32. The van der Waals surface area contributed by atoms with Crippen LogP contribution in [-0.2, 0) is 14.4 Å². The quantitative estimate of drug-likeness (QED) is 0.329. The van der Waals surface area contributed by atoms with Crippen molar-refractivity contribution < 1.29 is 33.3 Å². The van der Waals surface area contributed by atoms with Crippen LogP contribution in [0, 0.1) is 0 Å². The molecular formula is C22H24N4O7. The molecule has 0 spiro atoms. The molecule has 3 amide bonds. The summed E-state index contributed by atoms with van der Waals surface area (Å²) in [5.41, 5.74) is 3.25. The number of rotatable bonds is 7. The van der Waals surface area contributed by atoms with Crippen molar-refractivity contribution in [1.29, 1.82) is 0 Å². The zero-order chi connectivity index (χ0) is 23.8. The molecule has 0 unspecified atom stereocenters. The van der Waals surface area contributed by atoms with E-state index in [1.807, 2.05) is 0 Å². The zero-order valence-corrected chi connectivity index (χ0v) is 18.4. The Morgan fingerprint density at radius 2 is 1.70 bits per heavy atom. The van der Waals surface area contributed by atoms with Gasteiger partial charge in [-0.3, -0.25) is 14.4 Å². The molecule has 0 aliphatic carbocycles. The van der Waals surface area contributed by atoms with Crippen LogP contribution >= 0.6 is 0 Å². The Labute approximate surface area is 190 Å². The highest BCUT2D eigenvalue weighted by Gasteiger charge is 2.17. The summed E-state index contributed by atoms with van der Waals surface area (Å²) in [4.78, 5) is 36.5. The molecule has 0 fully saturated rings. The number of nitrogens with zero attached hydrogens (tertiary/aromatic N) is 1. The van der Waals surface area contributed by atoms with Gasteiger partial charge in [0.15, 0.2) is 11.5 Å². The molecule has 1 aliphatic heterocycles. The summed E-state index contributed by atoms with van der Waals surface area (Å²) in [6.07, 6.45) is -0.0946. The summed E-state index contributed by atoms with van der Waals surface area (Å²) < 4.78 is 21.2. The topological polar surface area (TPSA) is 137 Å². The van der Waals surface area contributed by atoms with Crippen LogP contribution in [0.25, 0.3) is 0 Å². The number of hydrazone groups is 1. The number of ether oxygens (including phenoxy) is 4. The number of carbonyl (C=O) groups excluding carboxylic acids is 3. The van der Waals surface area contributed by atoms with Crippen LogP contribution in [0.5, 0.6) is 23.0 Å². The van der Waals surface area contributed by atoms with Gasteiger partial charge in [-0.25, -0.2) is 5.43 Å². The summed E-state index contributed by atoms with van der Waals surface area (Å²) in [6, 6.07) is 9.78. The maximum atomic E-state index is 12.3. The molecule has 2 aromatic rings. The Hall–Kier alpha value is -4.28. The van der Waals surface area contributed by atoms with Crippen molar-refractivity contribution in [2.24, 2.45) is 5.10 Å². The van der Waals surface area contributed by atoms with Gasteiger partial charge < -0.3 is 29.6 Å². The van der Waals surface area contributed by atoms with E-state index in [2.05, 4.69) is 21.2 Å². The molecule has 0 aromatic heterocycles. The standard InChI is InChI=1S/C22H24N4O7/c1-13(10-20(27)23-14-4-7-17-19(11-14)33-9-8-32-17)25-26-22(29)21(28)24-16-6-5-15(30-2)12-18(16)31-3/h4-7,11-12H,8-10H2,1-3H3,(H,23,27)(H,24,28)(H,26,29). The van der Waals surface area contributed by atoms with Crippen molar-refractivity contribution in [3.05, 3.63) is 36.4 Å². The van der Waals surface area contributed by atoms with Crippen molar-refractivity contribution >= 4 is 34.8 Å². The fraction of sp³-hybridized carbons (Fsp3) is 0.273. The van der Waals surface area contributed by atoms with E-state index in [-0.39, 0.29) is 18.0 Å². The van der Waals surface area contributed by atoms with Gasteiger partial charge in [-0.15, -0.1) is 0 Å². The van der Waals surface area contributed by atoms with Crippen molar-refractivity contribution in [1.82, 2.24) is 5.43 Å². The third-order valence-electron chi connectivity index (χ3n) is 4.45. The second-order valence-electron chi connectivity index (χ2n) is 6.89. The van der Waals surface area contributed by atoms with Crippen LogP contribution in [0.4, 0.5) is 11.4 Å². The van der Waals surface area contributed by atoms with Gasteiger partial charge >= 0.3 is 11.8 Å². The average molecular weight is 456 g/mol. The number of amides is 3. The largest absolute Gasteiger partial charge is 0.497 e. The molecule has 0 saturated heterocycles. The second-order valence-corrected chi connectivity index (χ2v) is 6.89. The van der Waals surface area contributed by atoms with E-state index in [1.165, 1.54) is 14.2 Å². The molecule has 2 aromatic carbocycles. The molecule has 0 atom stereocenters. The average Bonchev–Trinajstić information content (AvgIpc) is 2.82. The predicted molar refractivity (Wildman–Crippen MR) is 120 cm³/mol. The van der Waals surface area contributed by atoms with Crippen LogP contribution in [-0.4, -0.2) is 50.9 Å². The second kappa shape index (κ2) is 10.8. The van der Waals surface area contributed by atoms with Gasteiger partial charge in [-0.2, -0.15) is 5.10 Å². The Morgan fingerprint density at radius 1 is 0.939 bits per heavy atom. The van der Waals surface area contributed by atoms with E-state index in [0.29, 0.717) is 47.6 Å². The van der Waals surface area contributed by atoms with E-state index < -0.39 is 11.8 Å². The third-order valence-corrected chi connectivity index (χ3v) is 4.45. The fourth-order valence-electron chi connectivity index (χ4n) is 2.88. The molecule has 1 heterocycles. The molecule has 11 nitrogen and oxygen atoms in total. The summed E-state index contributed by atoms with van der Waals surface area (Å²) in [7, 11) is 2.92. The smallest absolute Gasteiger partial charge is 0.329 e. The summed E-state index contributed by atoms with van der Waals surface area (Å²) in [6.45, 7) is 2.47. The van der Waals surface area contributed by atoms with Crippen molar-refractivity contribution in [2.75, 3.05) is 38.1 Å². The molecule has 174 valence electrons. The molecule has 3 rings (SSSR count). The summed E-state index contributed by atoms with van der Waals surface area (Å²) in [5.74, 6) is -0.277. The number of anilines is 2. The van der Waals surface area contributed by atoms with E-state index >= 15 is 0 Å². The first kappa shape index (κ1) is 23.4. The Bertz CT molecular complexity index is 1080. The minimum atomic E-state index is -1.00. The van der Waals surface area contributed by atoms with E-state index in [4.69, 9.17) is 18.9 Å². The van der Waals surface area contributed by atoms with Gasteiger partial charge in [-0.1, -0.05) is 0 Å². The van der Waals surface area contributed by atoms with Gasteiger partial charge in [-0.05, 0) is 31.2 Å². The lowest BCUT2D eigenvalue weighted by molar-refractivity contribution is -0.136. The lowest BCUT2D eigenvalue weighted by Gasteiger charge is -2.19. The lowest BCUT2D eigenvalue weighted by atomic mass is 10.2. The van der Waals surface area contributed by atoms with Gasteiger partial charge in [0, 0.05) is 23.5 Å². The zero-order valence-electron chi connectivity index (χ0n) is 18.4. The number of hydrogen-bond donors (Lipinski definition) is 3. The van der Waals surface area contributed by atoms with Gasteiger partial charge in [0.2, 0.25) is 5.91 Å². The molecule has 3 N–H and O–H groups in total. The van der Waals surface area contributed by atoms with Crippen LogP contribution in [0.15, 0.2) is 41.5 Å². The van der Waals surface area contributed by atoms with Gasteiger partial charge in [0.05, 0.1) is 26.3 Å². The van der Waals surface area contributed by atoms with Crippen LogP contribution in [0.1, 0.15) is 13.3 Å². The minimum Gasteiger partial charge on any atom is -0.497 e. The summed E-state index contributed by atoms with van der Waals surface area (Å²) in [5, 5.41) is 8.96. The Morgan fingerprint density at radius 3 is 2.42 bits per heavy atom. The number of fused-ring (bicyclic) bond motifs is 1. The SMILES string of the molecule is COc1ccc(NC(=O)C(=O)NN=C(C)CC(=O)Nc2ccc3c(c2)OCCO3)c(OC)c1. The maximum absolute atomic E-state index is 12.3. The normalized spacial score (nSPS) is 12.4. The lowest BCUT2D eigenvalue weighted by Crippen LogP contribution is -2.33. The van der Waals surface area contributed by atoms with Crippen LogP contribution < -0.4 is 35.0 Å². The Balaban J connectivity index is 1.51. The number of benzene rings is 2. The number of nitrogens with one attached hydrogen (secondary N) is 3. The first-order valence-electron chi connectivity index (χ1n) is 9.95. The number of carbonyl (C=O) groups is 3. The summed E-state index contributed by atoms with van der Waals surface area (Å²) >= 11 is 0. The van der Waals surface area contributed by atoms with Crippen molar-refractivity contribution in [3.8, 4) is 23.0 Å². The van der Waals surface area contributed by atoms with Crippen molar-refractivity contribution in [3.63, 3.8) is 0 Å². The van der Waals surface area contributed by atoms with E-state index in [9.17, 15) is 14.4 Å². The number of methoxy groups -OCH3 is 2. The molecule has 1 aliphatic rings. The molecule has 11 heteroatoms. The highest BCUT2D eigenvalue weighted by molar-refractivity contribution is 6.39. The van der Waals surface area contributed by atoms with E-state index in [0.717, 1.165) is 0 Å². The first-order chi connectivity index (χ1) is 15.9. The highest BCUT2D eigenvalue weighted by atomic mass is 16.6. The molecular weight excluding hydrogens is 432 g/mol. The maximum Gasteiger partial charge on any atom is 0.329 e. The molecule has 33 heavy (non-hydrogen) atoms. The molecule has 0 saturated carbocycles. The van der Waals surface area contributed by atoms with Gasteiger partial charge in [0.1, 0.15) is 24.7 Å². The molecule has 0 bridgehead atoms. The van der Waals surface area contributed by atoms with Gasteiger partial charge in [0.25, 0.3) is 0 Å². The van der Waals surface area contributed by atoms with Crippen molar-refractivity contribution in [2.45, 2.75) is 13.3 Å². The Kier molecular flexibility index (Phi) is 7.68. The minimum absolute atomic E-state index is 0.0946. The van der Waals surface area contributed by atoms with Crippen LogP contribution in [0.2, 0.25) is 0 Å². The monoisotopic (exact) mass is 456 g/mol. The predicted octanol–water partition coefficient (Wildman–Crippen LogP) is 1.93. The third kappa shape index (κ3) is 6.35. The fourth-order valence-corrected chi connectivity index (χ4v) is 2.88. The molecule has 0 radical (unpaired) electrons. The first-order valence-corrected chi connectivity index (χ1v) is 9.95. The van der Waals surface area contributed by atoms with Crippen LogP contribution in [0.3, 0.4) is 0 Å². The van der Waals surface area contributed by atoms with E-state index in [1.54, 1.807) is 43.3 Å². The number of hydrogen-bond acceptors (Lipinski definition) is 8.